The van der Waals surface area contributed by atoms with E-state index in [-0.39, 0.29) is 16.9 Å². The number of carboxylic acid groups (broad SMARTS) is 1. The molecular formula is C20H19NO3. The first-order valence-electron chi connectivity index (χ1n) is 7.82. The zero-order valence-electron chi connectivity index (χ0n) is 13.7. The Morgan fingerprint density at radius 3 is 2.54 bits per heavy atom. The van der Waals surface area contributed by atoms with Crippen LogP contribution in [0.2, 0.25) is 0 Å². The van der Waals surface area contributed by atoms with Crippen LogP contribution in [0, 0.1) is 0 Å². The number of carbonyl (C=O) groups is 2. The molecule has 2 N–H and O–H groups in total. The third kappa shape index (κ3) is 3.23. The largest absolute Gasteiger partial charge is 0.478 e. The second-order valence-corrected chi connectivity index (χ2v) is 6.65. The minimum absolute atomic E-state index is 0.108. The van der Waals surface area contributed by atoms with Gasteiger partial charge >= 0.3 is 5.97 Å². The molecule has 24 heavy (non-hydrogen) atoms. The summed E-state index contributed by atoms with van der Waals surface area (Å²) in [5.41, 5.74) is 3.30. The number of rotatable bonds is 3. The number of aromatic carboxylic acids is 1. The van der Waals surface area contributed by atoms with E-state index in [1.165, 1.54) is 17.7 Å². The fraction of sp³-hybridized carbons (Fsp3) is 0.200. The molecule has 0 atom stereocenters. The summed E-state index contributed by atoms with van der Waals surface area (Å²) in [6.45, 7) is 4.18. The second kappa shape index (κ2) is 5.96. The summed E-state index contributed by atoms with van der Waals surface area (Å²) in [7, 11) is 0. The van der Waals surface area contributed by atoms with Gasteiger partial charge in [0.25, 0.3) is 0 Å². The molecule has 2 aromatic rings. The van der Waals surface area contributed by atoms with Gasteiger partial charge < -0.3 is 10.4 Å². The van der Waals surface area contributed by atoms with Gasteiger partial charge in [-0.15, -0.1) is 0 Å². The third-order valence-electron chi connectivity index (χ3n) is 4.08. The molecule has 0 saturated heterocycles. The molecule has 1 heterocycles. The Bertz CT molecular complexity index is 849. The van der Waals surface area contributed by atoms with Crippen LogP contribution in [-0.2, 0) is 6.42 Å². The van der Waals surface area contributed by atoms with Gasteiger partial charge in [-0.1, -0.05) is 36.4 Å². The van der Waals surface area contributed by atoms with E-state index < -0.39 is 5.97 Å². The van der Waals surface area contributed by atoms with Crippen LogP contribution in [0.5, 0.6) is 0 Å². The Morgan fingerprint density at radius 2 is 1.79 bits per heavy atom. The number of ketones is 1. The standard InChI is InChI=1S/C20H19NO3/c1-20(2)12-15-6-3-4-9-16(15)17(21-20)11-18(22)13-7-5-8-14(10-13)19(23)24/h3-11,21H,12H2,1-2H3,(H,23,24)/b17-11-. The molecule has 1 aliphatic heterocycles. The number of carbonyl (C=O) groups excluding carboxylic acids is 1. The molecule has 4 nitrogen and oxygen atoms in total. The number of nitrogens with one attached hydrogen (secondary N) is 1. The number of hydrogen-bond donors (Lipinski definition) is 2. The number of carboxylic acids is 1. The van der Waals surface area contributed by atoms with E-state index in [9.17, 15) is 9.59 Å². The lowest BCUT2D eigenvalue weighted by atomic mass is 9.85. The van der Waals surface area contributed by atoms with Gasteiger partial charge in [0.05, 0.1) is 5.56 Å². The Labute approximate surface area is 140 Å². The summed E-state index contributed by atoms with van der Waals surface area (Å²) in [6, 6.07) is 14.1. The van der Waals surface area contributed by atoms with Crippen molar-refractivity contribution in [1.29, 1.82) is 0 Å². The average molecular weight is 321 g/mol. The molecule has 0 unspecified atom stereocenters. The van der Waals surface area contributed by atoms with Crippen molar-refractivity contribution in [3.63, 3.8) is 0 Å². The Morgan fingerprint density at radius 1 is 1.08 bits per heavy atom. The minimum atomic E-state index is -1.04. The van der Waals surface area contributed by atoms with Gasteiger partial charge in [-0.25, -0.2) is 4.79 Å². The van der Waals surface area contributed by atoms with Crippen molar-refractivity contribution in [2.75, 3.05) is 0 Å². The Balaban J connectivity index is 2.00. The molecule has 0 radical (unpaired) electrons. The molecule has 0 spiro atoms. The van der Waals surface area contributed by atoms with E-state index >= 15 is 0 Å². The third-order valence-corrected chi connectivity index (χ3v) is 4.08. The topological polar surface area (TPSA) is 66.4 Å². The van der Waals surface area contributed by atoms with E-state index in [0.717, 1.165) is 17.7 Å². The Hall–Kier alpha value is -2.88. The second-order valence-electron chi connectivity index (χ2n) is 6.65. The van der Waals surface area contributed by atoms with Gasteiger partial charge in [0.2, 0.25) is 0 Å². The normalized spacial score (nSPS) is 17.0. The van der Waals surface area contributed by atoms with Crippen LogP contribution in [0.25, 0.3) is 5.70 Å². The average Bonchev–Trinajstić information content (AvgIpc) is 2.54. The fourth-order valence-corrected chi connectivity index (χ4v) is 3.02. The van der Waals surface area contributed by atoms with Gasteiger partial charge in [-0.05, 0) is 38.0 Å². The van der Waals surface area contributed by atoms with Crippen molar-refractivity contribution in [1.82, 2.24) is 5.32 Å². The number of allylic oxidation sites excluding steroid dienone is 1. The van der Waals surface area contributed by atoms with Crippen molar-refractivity contribution >= 4 is 17.4 Å². The lowest BCUT2D eigenvalue weighted by molar-refractivity contribution is 0.0697. The summed E-state index contributed by atoms with van der Waals surface area (Å²) in [4.78, 5) is 23.7. The van der Waals surface area contributed by atoms with Crippen molar-refractivity contribution in [2.45, 2.75) is 25.8 Å². The van der Waals surface area contributed by atoms with Crippen LogP contribution >= 0.6 is 0 Å². The van der Waals surface area contributed by atoms with Gasteiger partial charge in [0.15, 0.2) is 5.78 Å². The molecule has 3 rings (SSSR count). The van der Waals surface area contributed by atoms with E-state index in [1.807, 2.05) is 18.2 Å². The first-order valence-corrected chi connectivity index (χ1v) is 7.82. The van der Waals surface area contributed by atoms with E-state index in [2.05, 4.69) is 25.2 Å². The van der Waals surface area contributed by atoms with Crippen LogP contribution < -0.4 is 5.32 Å². The highest BCUT2D eigenvalue weighted by molar-refractivity contribution is 6.09. The number of hydrogen-bond acceptors (Lipinski definition) is 3. The van der Waals surface area contributed by atoms with Crippen LogP contribution in [0.3, 0.4) is 0 Å². The van der Waals surface area contributed by atoms with Gasteiger partial charge in [-0.2, -0.15) is 0 Å². The monoisotopic (exact) mass is 321 g/mol. The van der Waals surface area contributed by atoms with Gasteiger partial charge in [-0.3, -0.25) is 4.79 Å². The molecule has 2 aromatic carbocycles. The molecular weight excluding hydrogens is 302 g/mol. The lowest BCUT2D eigenvalue weighted by Gasteiger charge is -2.35. The van der Waals surface area contributed by atoms with Crippen molar-refractivity contribution < 1.29 is 14.7 Å². The van der Waals surface area contributed by atoms with E-state index in [0.29, 0.717) is 5.56 Å². The number of benzene rings is 2. The number of fused-ring (bicyclic) bond motifs is 1. The summed E-state index contributed by atoms with van der Waals surface area (Å²) in [5.74, 6) is -1.26. The lowest BCUT2D eigenvalue weighted by Crippen LogP contribution is -2.43. The minimum Gasteiger partial charge on any atom is -0.478 e. The van der Waals surface area contributed by atoms with Gasteiger partial charge in [0, 0.05) is 28.4 Å². The molecule has 0 aromatic heterocycles. The van der Waals surface area contributed by atoms with E-state index in [1.54, 1.807) is 18.2 Å². The summed E-state index contributed by atoms with van der Waals surface area (Å²) < 4.78 is 0. The first-order chi connectivity index (χ1) is 11.4. The molecule has 122 valence electrons. The SMILES string of the molecule is CC1(C)Cc2ccccc2/C(=C/C(=O)c2cccc(C(=O)O)c2)N1. The molecule has 0 amide bonds. The molecule has 0 saturated carbocycles. The highest BCUT2D eigenvalue weighted by Crippen LogP contribution is 2.29. The summed E-state index contributed by atoms with van der Waals surface area (Å²) >= 11 is 0. The Kier molecular flexibility index (Phi) is 3.97. The van der Waals surface area contributed by atoms with Crippen molar-refractivity contribution in [3.8, 4) is 0 Å². The first kappa shape index (κ1) is 16.0. The van der Waals surface area contributed by atoms with Crippen LogP contribution in [-0.4, -0.2) is 22.4 Å². The van der Waals surface area contributed by atoms with Crippen LogP contribution in [0.4, 0.5) is 0 Å². The van der Waals surface area contributed by atoms with Crippen molar-refractivity contribution in [2.24, 2.45) is 0 Å². The summed E-state index contributed by atoms with van der Waals surface area (Å²) in [5, 5.41) is 12.5. The molecule has 1 aliphatic rings. The highest BCUT2D eigenvalue weighted by atomic mass is 16.4. The maximum absolute atomic E-state index is 12.6. The van der Waals surface area contributed by atoms with Crippen molar-refractivity contribution in [3.05, 3.63) is 76.9 Å². The fourth-order valence-electron chi connectivity index (χ4n) is 3.02. The smallest absolute Gasteiger partial charge is 0.335 e. The van der Waals surface area contributed by atoms with Gasteiger partial charge in [0.1, 0.15) is 0 Å². The zero-order chi connectivity index (χ0) is 17.3. The molecule has 0 bridgehead atoms. The zero-order valence-corrected chi connectivity index (χ0v) is 13.7. The molecule has 0 aliphatic carbocycles. The maximum Gasteiger partial charge on any atom is 0.335 e. The van der Waals surface area contributed by atoms with E-state index in [4.69, 9.17) is 5.11 Å². The highest BCUT2D eigenvalue weighted by Gasteiger charge is 2.27. The molecule has 4 heteroatoms. The quantitative estimate of drug-likeness (QED) is 0.670. The summed E-state index contributed by atoms with van der Waals surface area (Å²) in [6.07, 6.45) is 2.43. The predicted molar refractivity (Wildman–Crippen MR) is 93.1 cm³/mol. The van der Waals surface area contributed by atoms with Crippen LogP contribution in [0.15, 0.2) is 54.6 Å². The van der Waals surface area contributed by atoms with Crippen LogP contribution in [0.1, 0.15) is 45.7 Å². The maximum atomic E-state index is 12.6. The predicted octanol–water partition coefficient (Wildman–Crippen LogP) is 3.53. The molecule has 0 fully saturated rings.